The summed E-state index contributed by atoms with van der Waals surface area (Å²) in [5.74, 6) is -0.199. The Morgan fingerprint density at radius 1 is 1.83 bits per heavy atom. The maximum Gasteiger partial charge on any atom is 0.229 e. The van der Waals surface area contributed by atoms with Crippen LogP contribution in [0, 0.1) is 0 Å². The standard InChI is InChI=1S/C8H12N2OS/c1-10-8(11)6(5-9)7-3-2-4-12-7/h2-4,6H,5,9H2,1H3,(H,10,11). The normalized spacial score (nSPS) is 12.5. The number of hydrogen-bond acceptors (Lipinski definition) is 3. The lowest BCUT2D eigenvalue weighted by Gasteiger charge is -2.09. The van der Waals surface area contributed by atoms with E-state index in [-0.39, 0.29) is 11.8 Å². The Morgan fingerprint density at radius 3 is 3.00 bits per heavy atom. The zero-order chi connectivity index (χ0) is 8.97. The van der Waals surface area contributed by atoms with Crippen LogP contribution in [0.15, 0.2) is 17.5 Å². The van der Waals surface area contributed by atoms with E-state index in [9.17, 15) is 4.79 Å². The number of amides is 1. The maximum absolute atomic E-state index is 11.3. The fraction of sp³-hybridized carbons (Fsp3) is 0.375. The van der Waals surface area contributed by atoms with Gasteiger partial charge in [-0.3, -0.25) is 4.79 Å². The average molecular weight is 184 g/mol. The van der Waals surface area contributed by atoms with E-state index < -0.39 is 0 Å². The number of carbonyl (C=O) groups is 1. The van der Waals surface area contributed by atoms with E-state index >= 15 is 0 Å². The van der Waals surface area contributed by atoms with Crippen molar-refractivity contribution in [3.05, 3.63) is 22.4 Å². The first-order chi connectivity index (χ1) is 5.79. The summed E-state index contributed by atoms with van der Waals surface area (Å²) in [5.41, 5.74) is 5.49. The molecule has 0 aromatic carbocycles. The first-order valence-electron chi connectivity index (χ1n) is 3.74. The molecule has 0 fully saturated rings. The quantitative estimate of drug-likeness (QED) is 0.720. The largest absolute Gasteiger partial charge is 0.359 e. The molecule has 0 spiro atoms. The number of thiophene rings is 1. The van der Waals surface area contributed by atoms with E-state index in [1.807, 2.05) is 17.5 Å². The van der Waals surface area contributed by atoms with Gasteiger partial charge >= 0.3 is 0 Å². The molecule has 0 radical (unpaired) electrons. The predicted octanol–water partition coefficient (Wildman–Crippen LogP) is 0.536. The number of nitrogens with one attached hydrogen (secondary N) is 1. The molecule has 1 heterocycles. The summed E-state index contributed by atoms with van der Waals surface area (Å²) in [6.45, 7) is 0.361. The van der Waals surface area contributed by atoms with Crippen LogP contribution >= 0.6 is 11.3 Å². The summed E-state index contributed by atoms with van der Waals surface area (Å²) >= 11 is 1.56. The lowest BCUT2D eigenvalue weighted by Crippen LogP contribution is -2.30. The third kappa shape index (κ3) is 1.84. The molecule has 0 aliphatic rings. The van der Waals surface area contributed by atoms with Crippen molar-refractivity contribution in [1.82, 2.24) is 5.32 Å². The number of likely N-dealkylation sites (N-methyl/N-ethyl adjacent to an activating group) is 1. The fourth-order valence-electron chi connectivity index (χ4n) is 1.02. The van der Waals surface area contributed by atoms with Gasteiger partial charge in [0.15, 0.2) is 0 Å². The van der Waals surface area contributed by atoms with E-state index in [1.54, 1.807) is 18.4 Å². The lowest BCUT2D eigenvalue weighted by molar-refractivity contribution is -0.121. The Morgan fingerprint density at radius 2 is 2.58 bits per heavy atom. The van der Waals surface area contributed by atoms with Gasteiger partial charge < -0.3 is 11.1 Å². The van der Waals surface area contributed by atoms with E-state index in [4.69, 9.17) is 5.73 Å². The van der Waals surface area contributed by atoms with Gasteiger partial charge in [0.1, 0.15) is 0 Å². The fourth-order valence-corrected chi connectivity index (χ4v) is 1.86. The molecule has 3 nitrogen and oxygen atoms in total. The Bertz CT molecular complexity index is 246. The molecule has 3 N–H and O–H groups in total. The predicted molar refractivity (Wildman–Crippen MR) is 50.2 cm³/mol. The summed E-state index contributed by atoms with van der Waals surface area (Å²) in [4.78, 5) is 12.3. The summed E-state index contributed by atoms with van der Waals surface area (Å²) in [6.07, 6.45) is 0. The Labute approximate surface area is 75.6 Å². The molecule has 1 atom stereocenters. The molecule has 1 amide bonds. The van der Waals surface area contributed by atoms with Crippen molar-refractivity contribution >= 4 is 17.2 Å². The number of carbonyl (C=O) groups excluding carboxylic acids is 1. The van der Waals surface area contributed by atoms with Crippen LogP contribution in [-0.2, 0) is 4.79 Å². The number of hydrogen-bond donors (Lipinski definition) is 2. The van der Waals surface area contributed by atoms with Crippen LogP contribution in [0.3, 0.4) is 0 Å². The lowest BCUT2D eigenvalue weighted by atomic mass is 10.1. The maximum atomic E-state index is 11.3. The van der Waals surface area contributed by atoms with E-state index in [2.05, 4.69) is 5.32 Å². The molecule has 1 unspecified atom stereocenters. The highest BCUT2D eigenvalue weighted by Gasteiger charge is 2.17. The van der Waals surface area contributed by atoms with Crippen LogP contribution in [0.4, 0.5) is 0 Å². The van der Waals surface area contributed by atoms with Gasteiger partial charge in [-0.15, -0.1) is 11.3 Å². The van der Waals surface area contributed by atoms with Crippen LogP contribution in [0.2, 0.25) is 0 Å². The summed E-state index contributed by atoms with van der Waals surface area (Å²) in [6, 6.07) is 3.85. The molecular formula is C8H12N2OS. The van der Waals surface area contributed by atoms with Crippen LogP contribution in [0.25, 0.3) is 0 Å². The third-order valence-electron chi connectivity index (χ3n) is 1.69. The van der Waals surface area contributed by atoms with Gasteiger partial charge in [0.2, 0.25) is 5.91 Å². The zero-order valence-corrected chi connectivity index (χ0v) is 7.73. The highest BCUT2D eigenvalue weighted by molar-refractivity contribution is 7.10. The molecule has 0 bridgehead atoms. The van der Waals surface area contributed by atoms with Crippen molar-refractivity contribution < 1.29 is 4.79 Å². The molecule has 4 heteroatoms. The van der Waals surface area contributed by atoms with Gasteiger partial charge in [0.05, 0.1) is 5.92 Å². The summed E-state index contributed by atoms with van der Waals surface area (Å²) < 4.78 is 0. The van der Waals surface area contributed by atoms with Crippen molar-refractivity contribution in [1.29, 1.82) is 0 Å². The van der Waals surface area contributed by atoms with Gasteiger partial charge in [-0.1, -0.05) is 6.07 Å². The molecule has 1 aromatic rings. The first-order valence-corrected chi connectivity index (χ1v) is 4.62. The van der Waals surface area contributed by atoms with Gasteiger partial charge in [-0.2, -0.15) is 0 Å². The SMILES string of the molecule is CNC(=O)C(CN)c1cccs1. The van der Waals surface area contributed by atoms with Crippen molar-refractivity contribution in [2.75, 3.05) is 13.6 Å². The monoisotopic (exact) mass is 184 g/mol. The molecular weight excluding hydrogens is 172 g/mol. The van der Waals surface area contributed by atoms with Gasteiger partial charge in [0, 0.05) is 18.5 Å². The Hall–Kier alpha value is -0.870. The van der Waals surface area contributed by atoms with Crippen LogP contribution < -0.4 is 11.1 Å². The van der Waals surface area contributed by atoms with Crippen LogP contribution in [0.1, 0.15) is 10.8 Å². The highest BCUT2D eigenvalue weighted by atomic mass is 32.1. The minimum atomic E-state index is -0.185. The molecule has 0 saturated carbocycles. The van der Waals surface area contributed by atoms with Crippen molar-refractivity contribution in [3.63, 3.8) is 0 Å². The molecule has 1 rings (SSSR count). The Kier molecular flexibility index (Phi) is 3.25. The van der Waals surface area contributed by atoms with Crippen LogP contribution in [-0.4, -0.2) is 19.5 Å². The molecule has 12 heavy (non-hydrogen) atoms. The Balaban J connectivity index is 2.76. The van der Waals surface area contributed by atoms with Gasteiger partial charge in [-0.25, -0.2) is 0 Å². The molecule has 0 aliphatic carbocycles. The van der Waals surface area contributed by atoms with Crippen LogP contribution in [0.5, 0.6) is 0 Å². The average Bonchev–Trinajstić information content (AvgIpc) is 2.58. The van der Waals surface area contributed by atoms with Crippen molar-refractivity contribution in [3.8, 4) is 0 Å². The second-order valence-electron chi connectivity index (χ2n) is 2.42. The molecule has 0 saturated heterocycles. The zero-order valence-electron chi connectivity index (χ0n) is 6.91. The number of rotatable bonds is 3. The smallest absolute Gasteiger partial charge is 0.229 e. The van der Waals surface area contributed by atoms with Crippen molar-refractivity contribution in [2.45, 2.75) is 5.92 Å². The highest BCUT2D eigenvalue weighted by Crippen LogP contribution is 2.19. The topological polar surface area (TPSA) is 55.1 Å². The first kappa shape index (κ1) is 9.22. The second-order valence-corrected chi connectivity index (χ2v) is 3.40. The van der Waals surface area contributed by atoms with E-state index in [0.717, 1.165) is 4.88 Å². The van der Waals surface area contributed by atoms with E-state index in [1.165, 1.54) is 0 Å². The molecule has 66 valence electrons. The summed E-state index contributed by atoms with van der Waals surface area (Å²) in [7, 11) is 1.62. The second kappa shape index (κ2) is 4.23. The van der Waals surface area contributed by atoms with E-state index in [0.29, 0.717) is 6.54 Å². The minimum absolute atomic E-state index is 0.0139. The minimum Gasteiger partial charge on any atom is -0.359 e. The molecule has 1 aromatic heterocycles. The summed E-state index contributed by atoms with van der Waals surface area (Å²) in [5, 5.41) is 4.54. The van der Waals surface area contributed by atoms with Crippen molar-refractivity contribution in [2.24, 2.45) is 5.73 Å². The molecule has 0 aliphatic heterocycles. The van der Waals surface area contributed by atoms with Gasteiger partial charge in [-0.05, 0) is 11.4 Å². The third-order valence-corrected chi connectivity index (χ3v) is 2.67. The van der Waals surface area contributed by atoms with Gasteiger partial charge in [0.25, 0.3) is 0 Å². The number of nitrogens with two attached hydrogens (primary N) is 1.